The fourth-order valence-corrected chi connectivity index (χ4v) is 2.52. The summed E-state index contributed by atoms with van der Waals surface area (Å²) in [7, 11) is -4.01. The van der Waals surface area contributed by atoms with Crippen LogP contribution < -0.4 is 0 Å². The van der Waals surface area contributed by atoms with E-state index in [-0.39, 0.29) is 17.6 Å². The van der Waals surface area contributed by atoms with Gasteiger partial charge in [0.2, 0.25) is 0 Å². The second-order valence-corrected chi connectivity index (χ2v) is 6.52. The Balaban J connectivity index is 2.70. The minimum atomic E-state index is -4.01. The quantitative estimate of drug-likeness (QED) is 0.168. The van der Waals surface area contributed by atoms with Crippen molar-refractivity contribution in [1.29, 1.82) is 0 Å². The second kappa shape index (κ2) is 11.3. The van der Waals surface area contributed by atoms with E-state index < -0.39 is 10.0 Å². The van der Waals surface area contributed by atoms with Crippen LogP contribution in [-0.2, 0) is 19.5 Å². The van der Waals surface area contributed by atoms with Crippen molar-refractivity contribution in [1.82, 2.24) is 0 Å². The first-order chi connectivity index (χ1) is 12.0. The van der Waals surface area contributed by atoms with Crippen molar-refractivity contribution in [2.45, 2.75) is 37.5 Å². The predicted molar refractivity (Wildman–Crippen MR) is 93.0 cm³/mol. The summed E-state index contributed by atoms with van der Waals surface area (Å²) in [6.45, 7) is 2.81. The van der Waals surface area contributed by atoms with Gasteiger partial charge in [-0.15, -0.1) is 0 Å². The van der Waals surface area contributed by atoms with Crippen LogP contribution in [0.15, 0.2) is 38.7 Å². The van der Waals surface area contributed by atoms with Gasteiger partial charge >= 0.3 is 6.08 Å². The van der Waals surface area contributed by atoms with Crippen molar-refractivity contribution in [3.05, 3.63) is 34.7 Å². The molecule has 0 fully saturated rings. The van der Waals surface area contributed by atoms with Gasteiger partial charge in [-0.3, -0.25) is 0 Å². The number of aliphatic imine (C=N–C) groups is 1. The molecule has 10 heteroatoms. The first kappa shape index (κ1) is 20.8. The van der Waals surface area contributed by atoms with Crippen molar-refractivity contribution in [2.75, 3.05) is 19.8 Å². The molecule has 1 aromatic rings. The van der Waals surface area contributed by atoms with Crippen molar-refractivity contribution in [2.24, 2.45) is 9.51 Å². The third-order valence-corrected chi connectivity index (χ3v) is 4.20. The molecular formula is C15H22N4O5S. The molecule has 0 aliphatic heterocycles. The van der Waals surface area contributed by atoms with Crippen molar-refractivity contribution < 1.29 is 23.0 Å². The third-order valence-electron chi connectivity index (χ3n) is 3.04. The smallest absolute Gasteiger partial charge is 0.388 e. The summed E-state index contributed by atoms with van der Waals surface area (Å²) in [5.74, 6) is 0. The van der Waals surface area contributed by atoms with Crippen LogP contribution in [0.1, 0.15) is 32.6 Å². The molecule has 0 aromatic heterocycles. The third kappa shape index (κ3) is 7.88. The lowest BCUT2D eigenvalue weighted by molar-refractivity contribution is 0.169. The van der Waals surface area contributed by atoms with Crippen molar-refractivity contribution in [3.63, 3.8) is 0 Å². The SMILES string of the molecule is CCOC(=Nc1ccc(S(=O)(=O)N=[N+]=[N-])cc1)OCCCCCCO. The van der Waals surface area contributed by atoms with E-state index in [1.807, 2.05) is 0 Å². The topological polar surface area (TPSA) is 134 Å². The van der Waals surface area contributed by atoms with Gasteiger partial charge in [-0.1, -0.05) is 6.42 Å². The van der Waals surface area contributed by atoms with Gasteiger partial charge in [-0.2, -0.15) is 4.99 Å². The fraction of sp³-hybridized carbons (Fsp3) is 0.533. The van der Waals surface area contributed by atoms with Crippen LogP contribution in [-0.4, -0.2) is 39.4 Å². The molecule has 9 nitrogen and oxygen atoms in total. The zero-order valence-corrected chi connectivity index (χ0v) is 14.9. The standard InChI is InChI=1S/C15H22N4O5S/c1-2-23-15(24-12-6-4-3-5-11-20)17-13-7-9-14(10-8-13)25(21,22)19-18-16/h7-10,20H,2-6,11-12H2,1H3. The predicted octanol–water partition coefficient (Wildman–Crippen LogP) is 3.28. The Kier molecular flexibility index (Phi) is 9.38. The number of benzene rings is 1. The monoisotopic (exact) mass is 370 g/mol. The molecule has 1 rings (SSSR count). The fourth-order valence-electron chi connectivity index (χ4n) is 1.85. The summed E-state index contributed by atoms with van der Waals surface area (Å²) in [6, 6.07) is 5.51. The molecule has 1 N–H and O–H groups in total. The van der Waals surface area contributed by atoms with E-state index in [2.05, 4.69) is 14.4 Å². The molecule has 0 aliphatic rings. The summed E-state index contributed by atoms with van der Waals surface area (Å²) in [5.41, 5.74) is 8.71. The number of sulfonamides is 1. The van der Waals surface area contributed by atoms with Crippen LogP contribution in [0, 0.1) is 0 Å². The Hall–Kier alpha value is -2.29. The molecule has 0 atom stereocenters. The van der Waals surface area contributed by atoms with Gasteiger partial charge in [0, 0.05) is 16.0 Å². The van der Waals surface area contributed by atoms with Gasteiger partial charge in [0.1, 0.15) is 0 Å². The molecule has 0 unspecified atom stereocenters. The largest absolute Gasteiger partial charge is 0.451 e. The maximum atomic E-state index is 11.6. The number of azide groups is 1. The Morgan fingerprint density at radius 1 is 1.16 bits per heavy atom. The number of hydrogen-bond donors (Lipinski definition) is 1. The van der Waals surface area contributed by atoms with Crippen molar-refractivity contribution in [3.8, 4) is 0 Å². The molecule has 138 valence electrons. The van der Waals surface area contributed by atoms with Gasteiger partial charge in [-0.05, 0) is 56.0 Å². The Bertz CT molecular complexity index is 697. The zero-order chi connectivity index (χ0) is 18.5. The molecule has 0 saturated heterocycles. The molecule has 0 aliphatic carbocycles. The highest BCUT2D eigenvalue weighted by atomic mass is 32.2. The molecule has 0 radical (unpaired) electrons. The molecule has 0 spiro atoms. The molecule has 1 aromatic carbocycles. The highest BCUT2D eigenvalue weighted by Gasteiger charge is 2.11. The van der Waals surface area contributed by atoms with E-state index in [0.717, 1.165) is 25.7 Å². The van der Waals surface area contributed by atoms with Gasteiger partial charge in [0.05, 0.1) is 23.8 Å². The van der Waals surface area contributed by atoms with Crippen LogP contribution in [0.5, 0.6) is 0 Å². The molecular weight excluding hydrogens is 348 g/mol. The molecule has 0 saturated carbocycles. The minimum absolute atomic E-state index is 0.107. The normalized spacial score (nSPS) is 11.7. The Morgan fingerprint density at radius 3 is 2.44 bits per heavy atom. The number of aliphatic hydroxyl groups is 1. The molecule has 0 amide bonds. The van der Waals surface area contributed by atoms with Crippen LogP contribution in [0.25, 0.3) is 10.4 Å². The first-order valence-corrected chi connectivity index (χ1v) is 9.34. The highest BCUT2D eigenvalue weighted by Crippen LogP contribution is 2.19. The average Bonchev–Trinajstić information content (AvgIpc) is 2.58. The maximum absolute atomic E-state index is 11.6. The lowest BCUT2D eigenvalue weighted by Crippen LogP contribution is -2.10. The lowest BCUT2D eigenvalue weighted by Gasteiger charge is -2.09. The second-order valence-electron chi connectivity index (χ2n) is 4.94. The van der Waals surface area contributed by atoms with E-state index >= 15 is 0 Å². The molecule has 0 heterocycles. The summed E-state index contributed by atoms with van der Waals surface area (Å²) in [6.07, 6.45) is 3.57. The van der Waals surface area contributed by atoms with E-state index in [9.17, 15) is 8.42 Å². The maximum Gasteiger partial charge on any atom is 0.388 e. The minimum Gasteiger partial charge on any atom is -0.451 e. The Labute approximate surface area is 147 Å². The van der Waals surface area contributed by atoms with Crippen LogP contribution in [0.3, 0.4) is 0 Å². The van der Waals surface area contributed by atoms with Crippen LogP contribution in [0.4, 0.5) is 5.69 Å². The van der Waals surface area contributed by atoms with Gasteiger partial charge in [0.15, 0.2) is 0 Å². The Morgan fingerprint density at radius 2 is 1.84 bits per heavy atom. The summed E-state index contributed by atoms with van der Waals surface area (Å²) in [5, 5.41) is 8.71. The number of ether oxygens (including phenoxy) is 2. The van der Waals surface area contributed by atoms with Crippen LogP contribution in [0.2, 0.25) is 0 Å². The van der Waals surface area contributed by atoms with E-state index in [1.165, 1.54) is 24.3 Å². The lowest BCUT2D eigenvalue weighted by atomic mass is 10.2. The van der Waals surface area contributed by atoms with Gasteiger partial charge in [0.25, 0.3) is 10.0 Å². The first-order valence-electron chi connectivity index (χ1n) is 7.90. The highest BCUT2D eigenvalue weighted by molar-refractivity contribution is 7.90. The van der Waals surface area contributed by atoms with E-state index in [1.54, 1.807) is 6.92 Å². The number of hydrogen-bond acceptors (Lipinski definition) is 6. The zero-order valence-electron chi connectivity index (χ0n) is 14.0. The van der Waals surface area contributed by atoms with Crippen LogP contribution >= 0.6 is 0 Å². The number of rotatable bonds is 10. The summed E-state index contributed by atoms with van der Waals surface area (Å²) in [4.78, 5) is 6.36. The van der Waals surface area contributed by atoms with E-state index in [4.69, 9.17) is 20.1 Å². The van der Waals surface area contributed by atoms with Crippen molar-refractivity contribution >= 4 is 21.8 Å². The van der Waals surface area contributed by atoms with Gasteiger partial charge < -0.3 is 14.6 Å². The average molecular weight is 370 g/mol. The number of nitrogens with zero attached hydrogens (tertiary/aromatic N) is 4. The molecule has 0 bridgehead atoms. The number of unbranched alkanes of at least 4 members (excludes halogenated alkanes) is 3. The number of aliphatic hydroxyl groups excluding tert-OH is 1. The summed E-state index contributed by atoms with van der Waals surface area (Å²) < 4.78 is 36.8. The molecule has 25 heavy (non-hydrogen) atoms. The van der Waals surface area contributed by atoms with Gasteiger partial charge in [-0.25, -0.2) is 8.42 Å². The van der Waals surface area contributed by atoms with E-state index in [0.29, 0.717) is 18.9 Å². The summed E-state index contributed by atoms with van der Waals surface area (Å²) >= 11 is 0.